The minimum atomic E-state index is 0.0202. The zero-order valence-corrected chi connectivity index (χ0v) is 23.8. The van der Waals surface area contributed by atoms with E-state index in [2.05, 4.69) is 154 Å². The molecule has 0 unspecified atom stereocenters. The first kappa shape index (κ1) is 24.1. The summed E-state index contributed by atoms with van der Waals surface area (Å²) in [5.41, 5.74) is 13.7. The van der Waals surface area contributed by atoms with Crippen molar-refractivity contribution in [1.29, 1.82) is 0 Å². The molecule has 0 spiro atoms. The number of anilines is 4. The van der Waals surface area contributed by atoms with Gasteiger partial charge in [0.05, 0.1) is 6.67 Å². The van der Waals surface area contributed by atoms with Crippen LogP contribution in [0.15, 0.2) is 140 Å². The Balaban J connectivity index is 1.24. The van der Waals surface area contributed by atoms with Crippen LogP contribution in [-0.2, 0) is 7.05 Å². The first-order valence-corrected chi connectivity index (χ1v) is 14.7. The maximum absolute atomic E-state index is 4.69. The van der Waals surface area contributed by atoms with E-state index >= 15 is 0 Å². The van der Waals surface area contributed by atoms with E-state index < -0.39 is 0 Å². The van der Waals surface area contributed by atoms with Crippen LogP contribution in [0.2, 0.25) is 0 Å². The smallest absolute Gasteiger partial charge is 0.329 e. The summed E-state index contributed by atoms with van der Waals surface area (Å²) in [5.74, 6) is 0.974. The van der Waals surface area contributed by atoms with Crippen molar-refractivity contribution in [2.24, 2.45) is 7.05 Å². The summed E-state index contributed by atoms with van der Waals surface area (Å²) in [4.78, 5) is 11.9. The van der Waals surface area contributed by atoms with Crippen LogP contribution in [0.4, 0.5) is 22.7 Å². The second kappa shape index (κ2) is 9.26. The number of fused-ring (bicyclic) bond motifs is 11. The van der Waals surface area contributed by atoms with Gasteiger partial charge in [-0.05, 0) is 58.5 Å². The molecule has 0 saturated heterocycles. The van der Waals surface area contributed by atoms with Gasteiger partial charge in [-0.3, -0.25) is 0 Å². The minimum absolute atomic E-state index is 0.0202. The van der Waals surface area contributed by atoms with Crippen LogP contribution in [0.5, 0.6) is 0 Å². The third-order valence-electron chi connectivity index (χ3n) is 9.07. The minimum Gasteiger partial charge on any atom is -0.376 e. The normalized spacial score (nSPS) is 14.3. The summed E-state index contributed by atoms with van der Waals surface area (Å²) in [6.45, 7) is 0.794. The van der Waals surface area contributed by atoms with Gasteiger partial charge in [0.15, 0.2) is 0 Å². The van der Waals surface area contributed by atoms with Crippen LogP contribution in [0.3, 0.4) is 0 Å². The van der Waals surface area contributed by atoms with E-state index in [0.717, 1.165) is 18.1 Å². The van der Waals surface area contributed by atoms with Gasteiger partial charge in [0.2, 0.25) is 0 Å². The summed E-state index contributed by atoms with van der Waals surface area (Å²) < 4.78 is 2.09. The molecule has 0 fully saturated rings. The van der Waals surface area contributed by atoms with E-state index in [9.17, 15) is 0 Å². The second-order valence-corrected chi connectivity index (χ2v) is 11.5. The SMILES string of the molecule is Cn1ccnc1-c1ccc2c(c1)B1c3cc(N4C=CN(c5ccccc5)C4)ccc3-c3ccccc3N1c1ccccc1-2. The number of imidazole rings is 1. The Hall–Kier alpha value is -5.49. The fraction of sp³-hybridized carbons (Fsp3) is 0.0541. The Morgan fingerprint density at radius 3 is 1.93 bits per heavy atom. The molecule has 6 aromatic rings. The quantitative estimate of drug-likeness (QED) is 0.227. The fourth-order valence-corrected chi connectivity index (χ4v) is 7.07. The zero-order chi connectivity index (χ0) is 28.5. The topological polar surface area (TPSA) is 27.5 Å². The van der Waals surface area contributed by atoms with Crippen molar-refractivity contribution in [3.8, 4) is 33.6 Å². The van der Waals surface area contributed by atoms with E-state index in [1.165, 1.54) is 55.9 Å². The van der Waals surface area contributed by atoms with Gasteiger partial charge in [0.25, 0.3) is 0 Å². The third-order valence-corrected chi connectivity index (χ3v) is 9.07. The van der Waals surface area contributed by atoms with Gasteiger partial charge in [-0.15, -0.1) is 0 Å². The zero-order valence-electron chi connectivity index (χ0n) is 23.8. The second-order valence-electron chi connectivity index (χ2n) is 11.5. The van der Waals surface area contributed by atoms with Gasteiger partial charge in [-0.1, -0.05) is 78.9 Å². The Labute approximate surface area is 251 Å². The van der Waals surface area contributed by atoms with Crippen molar-refractivity contribution in [1.82, 2.24) is 9.55 Å². The van der Waals surface area contributed by atoms with Crippen molar-refractivity contribution in [3.05, 3.63) is 140 Å². The Morgan fingerprint density at radius 1 is 0.605 bits per heavy atom. The standard InChI is InChI=1S/C37H28BN5/c1-40-20-19-39-37(40)26-15-17-29-31-11-5-7-13-35(31)43-36-14-8-6-12-32(36)30-18-16-28(24-34(30)38(43)33(29)23-26)42-22-21-41(25-42)27-9-3-2-4-10-27/h2-24H,25H2,1H3. The maximum Gasteiger partial charge on any atom is 0.329 e. The summed E-state index contributed by atoms with van der Waals surface area (Å²) in [6.07, 6.45) is 8.24. The average molecular weight is 553 g/mol. The number of aryl methyl sites for hydroxylation is 1. The molecule has 1 aromatic heterocycles. The predicted octanol–water partition coefficient (Wildman–Crippen LogP) is 6.75. The molecule has 3 aliphatic heterocycles. The molecule has 0 amide bonds. The van der Waals surface area contributed by atoms with E-state index in [0.29, 0.717) is 0 Å². The Kier molecular flexibility index (Phi) is 5.20. The summed E-state index contributed by atoms with van der Waals surface area (Å²) in [5, 5.41) is 0. The lowest BCUT2D eigenvalue weighted by Gasteiger charge is -2.43. The first-order chi connectivity index (χ1) is 21.2. The Bertz CT molecular complexity index is 2060. The van der Waals surface area contributed by atoms with E-state index in [-0.39, 0.29) is 6.85 Å². The number of nitrogens with zero attached hydrogens (tertiary/aromatic N) is 5. The predicted molar refractivity (Wildman–Crippen MR) is 179 cm³/mol. The lowest BCUT2D eigenvalue weighted by Crippen LogP contribution is -2.59. The van der Waals surface area contributed by atoms with Crippen LogP contribution in [0.1, 0.15) is 0 Å². The molecule has 3 aliphatic rings. The van der Waals surface area contributed by atoms with Crippen molar-refractivity contribution in [3.63, 3.8) is 0 Å². The maximum atomic E-state index is 4.69. The van der Waals surface area contributed by atoms with E-state index in [4.69, 9.17) is 4.98 Å². The molecule has 0 radical (unpaired) electrons. The lowest BCUT2D eigenvalue weighted by molar-refractivity contribution is 0.925. The molecule has 5 aromatic carbocycles. The van der Waals surface area contributed by atoms with Gasteiger partial charge in [-0.2, -0.15) is 0 Å². The number of rotatable bonds is 3. The molecule has 6 heteroatoms. The molecular formula is C37H28BN5. The highest BCUT2D eigenvalue weighted by Gasteiger charge is 2.42. The number of hydrogen-bond donors (Lipinski definition) is 0. The molecule has 0 aliphatic carbocycles. The van der Waals surface area contributed by atoms with Crippen LogP contribution in [0, 0.1) is 0 Å². The molecular weight excluding hydrogens is 525 g/mol. The van der Waals surface area contributed by atoms with Crippen LogP contribution in [0.25, 0.3) is 33.6 Å². The monoisotopic (exact) mass is 553 g/mol. The lowest BCUT2D eigenvalue weighted by atomic mass is 9.43. The highest BCUT2D eigenvalue weighted by molar-refractivity contribution is 6.92. The molecule has 0 atom stereocenters. The molecule has 43 heavy (non-hydrogen) atoms. The average Bonchev–Trinajstić information content (AvgIpc) is 3.74. The molecule has 0 saturated carbocycles. The van der Waals surface area contributed by atoms with Crippen molar-refractivity contribution in [2.75, 3.05) is 21.3 Å². The largest absolute Gasteiger partial charge is 0.376 e. The fourth-order valence-electron chi connectivity index (χ4n) is 7.07. The first-order valence-electron chi connectivity index (χ1n) is 14.7. The summed E-state index contributed by atoms with van der Waals surface area (Å²) in [7, 11) is 2.06. The highest BCUT2D eigenvalue weighted by Crippen LogP contribution is 2.46. The van der Waals surface area contributed by atoms with Crippen LogP contribution in [-0.4, -0.2) is 23.1 Å². The summed E-state index contributed by atoms with van der Waals surface area (Å²) in [6, 6.07) is 42.1. The van der Waals surface area contributed by atoms with Gasteiger partial charge in [0.1, 0.15) is 5.82 Å². The number of aromatic nitrogens is 2. The molecule has 9 rings (SSSR count). The van der Waals surface area contributed by atoms with E-state index in [1.807, 2.05) is 12.4 Å². The Morgan fingerprint density at radius 2 is 1.23 bits per heavy atom. The van der Waals surface area contributed by atoms with Crippen LogP contribution >= 0.6 is 0 Å². The number of hydrogen-bond acceptors (Lipinski definition) is 4. The molecule has 5 nitrogen and oxygen atoms in total. The highest BCUT2D eigenvalue weighted by atomic mass is 15.3. The van der Waals surface area contributed by atoms with Gasteiger partial charge >= 0.3 is 6.85 Å². The molecule has 0 N–H and O–H groups in total. The number of benzene rings is 5. The molecule has 4 heterocycles. The van der Waals surface area contributed by atoms with Crippen LogP contribution < -0.4 is 25.5 Å². The number of para-hydroxylation sites is 3. The van der Waals surface area contributed by atoms with Crippen molar-refractivity contribution >= 4 is 40.5 Å². The van der Waals surface area contributed by atoms with E-state index in [1.54, 1.807) is 0 Å². The van der Waals surface area contributed by atoms with Gasteiger partial charge in [-0.25, -0.2) is 4.98 Å². The third kappa shape index (κ3) is 3.63. The van der Waals surface area contributed by atoms with Crippen molar-refractivity contribution < 1.29 is 0 Å². The van der Waals surface area contributed by atoms with Gasteiger partial charge in [0, 0.05) is 71.3 Å². The van der Waals surface area contributed by atoms with Gasteiger partial charge < -0.3 is 19.2 Å². The molecule has 0 bridgehead atoms. The molecule has 204 valence electrons. The van der Waals surface area contributed by atoms with Crippen molar-refractivity contribution in [2.45, 2.75) is 0 Å². The summed E-state index contributed by atoms with van der Waals surface area (Å²) >= 11 is 0.